The molecule has 0 spiro atoms. The lowest BCUT2D eigenvalue weighted by molar-refractivity contribution is 0.00791. The van der Waals surface area contributed by atoms with Gasteiger partial charge in [0.05, 0.1) is 55.2 Å². The summed E-state index contributed by atoms with van der Waals surface area (Å²) < 4.78 is 63.4. The van der Waals surface area contributed by atoms with Crippen molar-refractivity contribution in [2.24, 2.45) is 0 Å². The van der Waals surface area contributed by atoms with Crippen molar-refractivity contribution < 1.29 is 26.7 Å². The zero-order valence-electron chi connectivity index (χ0n) is 24.0. The number of ether oxygens (including phenoxy) is 2. The summed E-state index contributed by atoms with van der Waals surface area (Å²) in [5, 5.41) is 7.70. The molecule has 11 heteroatoms. The normalized spacial score (nSPS) is 19.8. The number of sulfone groups is 1. The van der Waals surface area contributed by atoms with Crippen LogP contribution >= 0.6 is 0 Å². The molecule has 2 aliphatic rings. The molecular formula is C31H38F2N4O4S. The summed E-state index contributed by atoms with van der Waals surface area (Å²) in [6.07, 6.45) is 2.99. The Morgan fingerprint density at radius 2 is 1.83 bits per heavy atom. The van der Waals surface area contributed by atoms with Crippen LogP contribution in [0.5, 0.6) is 5.75 Å². The van der Waals surface area contributed by atoms with Crippen LogP contribution in [0.1, 0.15) is 31.4 Å². The maximum atomic E-state index is 13.6. The number of hydrogen-bond donors (Lipinski definition) is 2. The Kier molecular flexibility index (Phi) is 9.56. The molecule has 0 bridgehead atoms. The molecule has 2 N–H and O–H groups in total. The average molecular weight is 601 g/mol. The molecule has 1 aliphatic heterocycles. The van der Waals surface area contributed by atoms with E-state index in [-0.39, 0.29) is 11.4 Å². The first-order valence-electron chi connectivity index (χ1n) is 14.3. The highest BCUT2D eigenvalue weighted by atomic mass is 32.2. The van der Waals surface area contributed by atoms with Crippen LogP contribution in [0.3, 0.4) is 0 Å². The van der Waals surface area contributed by atoms with Crippen molar-refractivity contribution in [2.45, 2.75) is 55.6 Å². The molecule has 1 saturated heterocycles. The minimum absolute atomic E-state index is 0.155. The van der Waals surface area contributed by atoms with Crippen molar-refractivity contribution in [3.8, 4) is 17.6 Å². The lowest BCUT2D eigenvalue weighted by atomic mass is 9.89. The van der Waals surface area contributed by atoms with Gasteiger partial charge in [-0.05, 0) is 61.9 Å². The number of anilines is 2. The highest BCUT2D eigenvalue weighted by Crippen LogP contribution is 2.32. The SMILES string of the molecule is COc1cc(S(C)(=O)=O)ccc1NCC#Cc1cc2c(N[C@H]3CC[C@H](N4CCOCC4)CC3)cccc2n1CC(F)F. The van der Waals surface area contributed by atoms with Crippen molar-refractivity contribution in [3.05, 3.63) is 48.2 Å². The summed E-state index contributed by atoms with van der Waals surface area (Å²) in [6, 6.07) is 13.1. The average Bonchev–Trinajstić information content (AvgIpc) is 3.33. The Morgan fingerprint density at radius 3 is 2.52 bits per heavy atom. The highest BCUT2D eigenvalue weighted by molar-refractivity contribution is 7.90. The number of alkyl halides is 2. The van der Waals surface area contributed by atoms with Crippen molar-refractivity contribution in [3.63, 3.8) is 0 Å². The minimum atomic E-state index is -3.37. The van der Waals surface area contributed by atoms with Gasteiger partial charge in [-0.1, -0.05) is 12.0 Å². The fourth-order valence-corrected chi connectivity index (χ4v) is 6.56. The lowest BCUT2D eigenvalue weighted by Gasteiger charge is -2.39. The van der Waals surface area contributed by atoms with Gasteiger partial charge in [-0.3, -0.25) is 4.90 Å². The molecule has 3 aromatic rings. The molecule has 0 amide bonds. The van der Waals surface area contributed by atoms with Crippen molar-refractivity contribution in [2.75, 3.05) is 56.8 Å². The van der Waals surface area contributed by atoms with Gasteiger partial charge in [0.15, 0.2) is 9.84 Å². The molecule has 1 aromatic heterocycles. The van der Waals surface area contributed by atoms with E-state index in [9.17, 15) is 17.2 Å². The summed E-state index contributed by atoms with van der Waals surface area (Å²) in [7, 11) is -1.91. The number of halogens is 2. The summed E-state index contributed by atoms with van der Waals surface area (Å²) in [5.41, 5.74) is 2.75. The quantitative estimate of drug-likeness (QED) is 0.340. The molecule has 0 atom stereocenters. The Labute approximate surface area is 246 Å². The first-order chi connectivity index (χ1) is 20.2. The Balaban J connectivity index is 1.30. The van der Waals surface area contributed by atoms with Gasteiger partial charge >= 0.3 is 0 Å². The van der Waals surface area contributed by atoms with Crippen LogP contribution in [-0.2, 0) is 21.1 Å². The van der Waals surface area contributed by atoms with Gasteiger partial charge in [0.1, 0.15) is 5.75 Å². The van der Waals surface area contributed by atoms with Gasteiger partial charge in [0.2, 0.25) is 0 Å². The number of nitrogens with one attached hydrogen (secondary N) is 2. The molecule has 8 nitrogen and oxygen atoms in total. The van der Waals surface area contributed by atoms with Crippen molar-refractivity contribution in [1.29, 1.82) is 0 Å². The maximum absolute atomic E-state index is 13.6. The number of fused-ring (bicyclic) bond motifs is 1. The lowest BCUT2D eigenvalue weighted by Crippen LogP contribution is -2.46. The molecule has 0 radical (unpaired) electrons. The van der Waals surface area contributed by atoms with E-state index in [4.69, 9.17) is 9.47 Å². The zero-order chi connectivity index (χ0) is 29.7. The summed E-state index contributed by atoms with van der Waals surface area (Å²) >= 11 is 0. The number of hydrogen-bond acceptors (Lipinski definition) is 7. The third kappa shape index (κ3) is 7.17. The topological polar surface area (TPSA) is 84.8 Å². The first kappa shape index (κ1) is 30.1. The zero-order valence-corrected chi connectivity index (χ0v) is 24.9. The second-order valence-electron chi connectivity index (χ2n) is 10.9. The van der Waals surface area contributed by atoms with E-state index in [0.717, 1.165) is 74.8 Å². The summed E-state index contributed by atoms with van der Waals surface area (Å²) in [5.74, 6) is 6.46. The molecule has 1 aliphatic carbocycles. The summed E-state index contributed by atoms with van der Waals surface area (Å²) in [6.45, 7) is 3.38. The second-order valence-corrected chi connectivity index (χ2v) is 12.9. The standard InChI is InChI=1S/C31H38F2N4O4S/c1-40-30-20-25(42(2,38)39)12-13-28(30)34-14-4-5-24-19-26-27(6-3-7-29(26)37(24)21-31(32)33)35-22-8-10-23(11-9-22)36-15-17-41-18-16-36/h3,6-7,12-13,19-20,22-23,31,34-35H,8-11,14-18,21H2,1-2H3/t22-,23-. The van der Waals surface area contributed by atoms with Gasteiger partial charge in [0, 0.05) is 48.6 Å². The number of benzene rings is 2. The van der Waals surface area contributed by atoms with Crippen molar-refractivity contribution >= 4 is 32.1 Å². The summed E-state index contributed by atoms with van der Waals surface area (Å²) in [4.78, 5) is 2.70. The van der Waals surface area contributed by atoms with Gasteiger partial charge < -0.3 is 24.7 Å². The smallest absolute Gasteiger partial charge is 0.256 e. The maximum Gasteiger partial charge on any atom is 0.256 e. The van der Waals surface area contributed by atoms with Crippen LogP contribution in [0.15, 0.2) is 47.4 Å². The Hall–Kier alpha value is -3.33. The largest absolute Gasteiger partial charge is 0.495 e. The first-order valence-corrected chi connectivity index (χ1v) is 16.2. The Bertz CT molecular complexity index is 1550. The predicted molar refractivity (Wildman–Crippen MR) is 161 cm³/mol. The van der Waals surface area contributed by atoms with E-state index in [2.05, 4.69) is 27.4 Å². The number of nitrogens with zero attached hydrogens (tertiary/aromatic N) is 2. The molecule has 2 heterocycles. The van der Waals surface area contributed by atoms with E-state index >= 15 is 0 Å². The third-order valence-electron chi connectivity index (χ3n) is 8.07. The van der Waals surface area contributed by atoms with Crippen LogP contribution in [0.4, 0.5) is 20.2 Å². The molecule has 42 heavy (non-hydrogen) atoms. The van der Waals surface area contributed by atoms with Crippen LogP contribution in [-0.4, -0.2) is 82.6 Å². The van der Waals surface area contributed by atoms with Gasteiger partial charge in [-0.25, -0.2) is 17.2 Å². The molecule has 0 unspecified atom stereocenters. The van der Waals surface area contributed by atoms with E-state index in [1.165, 1.54) is 19.2 Å². The number of rotatable bonds is 9. The van der Waals surface area contributed by atoms with E-state index < -0.39 is 22.8 Å². The third-order valence-corrected chi connectivity index (χ3v) is 9.18. The van der Waals surface area contributed by atoms with Gasteiger partial charge in [0.25, 0.3) is 6.43 Å². The fourth-order valence-electron chi connectivity index (χ4n) is 5.92. The predicted octanol–water partition coefficient (Wildman–Crippen LogP) is 4.84. The number of methoxy groups -OCH3 is 1. The van der Waals surface area contributed by atoms with Gasteiger partial charge in [-0.2, -0.15) is 0 Å². The highest BCUT2D eigenvalue weighted by Gasteiger charge is 2.27. The number of aromatic nitrogens is 1. The molecule has 2 fully saturated rings. The molecule has 1 saturated carbocycles. The monoisotopic (exact) mass is 600 g/mol. The molecule has 2 aromatic carbocycles. The molecule has 5 rings (SSSR count). The van der Waals surface area contributed by atoms with Crippen LogP contribution in [0.25, 0.3) is 10.9 Å². The van der Waals surface area contributed by atoms with Crippen LogP contribution in [0, 0.1) is 11.8 Å². The molecular weight excluding hydrogens is 562 g/mol. The van der Waals surface area contributed by atoms with Crippen LogP contribution in [0.2, 0.25) is 0 Å². The van der Waals surface area contributed by atoms with E-state index in [1.807, 2.05) is 24.3 Å². The van der Waals surface area contributed by atoms with Gasteiger partial charge in [-0.15, -0.1) is 0 Å². The number of morpholine rings is 1. The van der Waals surface area contributed by atoms with Crippen LogP contribution < -0.4 is 15.4 Å². The van der Waals surface area contributed by atoms with E-state index in [0.29, 0.717) is 29.2 Å². The fraction of sp³-hybridized carbons (Fsp3) is 0.484. The minimum Gasteiger partial charge on any atom is -0.495 e. The second kappa shape index (κ2) is 13.3. The van der Waals surface area contributed by atoms with Crippen molar-refractivity contribution in [1.82, 2.24) is 9.47 Å². The molecule has 226 valence electrons. The van der Waals surface area contributed by atoms with E-state index in [1.54, 1.807) is 10.6 Å². The Morgan fingerprint density at radius 1 is 1.07 bits per heavy atom.